The number of nitrogens with one attached hydrogen (secondary N) is 2. The second kappa shape index (κ2) is 6.27. The number of anilines is 2. The van der Waals surface area contributed by atoms with Gasteiger partial charge in [-0.05, 0) is 44.2 Å². The summed E-state index contributed by atoms with van der Waals surface area (Å²) in [5, 5.41) is 14.6. The number of imide groups is 1. The molecule has 0 atom stereocenters. The van der Waals surface area contributed by atoms with Crippen LogP contribution in [0.1, 0.15) is 34.6 Å². The molecule has 2 aromatic carbocycles. The van der Waals surface area contributed by atoms with Gasteiger partial charge in [-0.15, -0.1) is 0 Å². The molecule has 2 aromatic rings. The molecule has 0 radical (unpaired) electrons. The predicted octanol–water partition coefficient (Wildman–Crippen LogP) is 3.04. The molecule has 0 saturated carbocycles. The topological polar surface area (TPSA) is 98.7 Å². The number of rotatable bonds is 3. The Morgan fingerprint density at radius 2 is 1.60 bits per heavy atom. The van der Waals surface area contributed by atoms with E-state index in [-0.39, 0.29) is 29.2 Å². The van der Waals surface area contributed by atoms with Crippen LogP contribution < -0.4 is 10.6 Å². The highest BCUT2D eigenvalue weighted by molar-refractivity contribution is 6.22. The van der Waals surface area contributed by atoms with E-state index < -0.39 is 6.03 Å². The fourth-order valence-corrected chi connectivity index (χ4v) is 2.68. The summed E-state index contributed by atoms with van der Waals surface area (Å²) < 4.78 is 0. The molecular formula is C18H17N3O4. The molecule has 0 aliphatic carbocycles. The zero-order chi connectivity index (χ0) is 18.1. The van der Waals surface area contributed by atoms with E-state index in [1.165, 1.54) is 29.2 Å². The van der Waals surface area contributed by atoms with Crippen LogP contribution in [-0.4, -0.2) is 33.9 Å². The standard InChI is InChI=1S/C18H17N3O4/c1-10(2)21-16(23)14-7-6-12(9-15(14)17(21)24)20-18(25)19-11-4-3-5-13(22)8-11/h3-10,22H,1-2H3,(H2,19,20,25). The first-order valence-electron chi connectivity index (χ1n) is 7.76. The molecule has 1 aliphatic heterocycles. The Morgan fingerprint density at radius 1 is 0.960 bits per heavy atom. The Balaban J connectivity index is 1.77. The first-order valence-corrected chi connectivity index (χ1v) is 7.76. The molecule has 1 aliphatic rings. The number of phenols is 1. The van der Waals surface area contributed by atoms with Crippen LogP contribution >= 0.6 is 0 Å². The molecule has 25 heavy (non-hydrogen) atoms. The van der Waals surface area contributed by atoms with Crippen molar-refractivity contribution in [2.75, 3.05) is 10.6 Å². The summed E-state index contributed by atoms with van der Waals surface area (Å²) in [6.45, 7) is 3.53. The highest BCUT2D eigenvalue weighted by Gasteiger charge is 2.37. The van der Waals surface area contributed by atoms with Crippen molar-refractivity contribution >= 4 is 29.2 Å². The van der Waals surface area contributed by atoms with E-state index in [0.717, 1.165) is 0 Å². The van der Waals surface area contributed by atoms with Gasteiger partial charge >= 0.3 is 6.03 Å². The van der Waals surface area contributed by atoms with Crippen molar-refractivity contribution in [3.63, 3.8) is 0 Å². The summed E-state index contributed by atoms with van der Waals surface area (Å²) in [5.74, 6) is -0.661. The summed E-state index contributed by atoms with van der Waals surface area (Å²) in [7, 11) is 0. The van der Waals surface area contributed by atoms with Gasteiger partial charge in [0.2, 0.25) is 0 Å². The minimum atomic E-state index is -0.525. The smallest absolute Gasteiger partial charge is 0.323 e. The molecule has 0 bridgehead atoms. The maximum atomic E-state index is 12.4. The number of benzene rings is 2. The van der Waals surface area contributed by atoms with E-state index in [4.69, 9.17) is 0 Å². The van der Waals surface area contributed by atoms with E-state index >= 15 is 0 Å². The van der Waals surface area contributed by atoms with Gasteiger partial charge in [-0.3, -0.25) is 14.5 Å². The largest absolute Gasteiger partial charge is 0.508 e. The van der Waals surface area contributed by atoms with Gasteiger partial charge < -0.3 is 15.7 Å². The number of hydrogen-bond acceptors (Lipinski definition) is 4. The van der Waals surface area contributed by atoms with Crippen LogP contribution in [0.2, 0.25) is 0 Å². The normalized spacial score (nSPS) is 13.2. The lowest BCUT2D eigenvalue weighted by Crippen LogP contribution is -2.35. The molecule has 4 amide bonds. The van der Waals surface area contributed by atoms with Crippen LogP contribution in [-0.2, 0) is 0 Å². The lowest BCUT2D eigenvalue weighted by atomic mass is 10.1. The van der Waals surface area contributed by atoms with E-state index in [1.54, 1.807) is 32.0 Å². The van der Waals surface area contributed by atoms with Crippen LogP contribution in [0.25, 0.3) is 0 Å². The third-order valence-electron chi connectivity index (χ3n) is 3.80. The average molecular weight is 339 g/mol. The van der Waals surface area contributed by atoms with E-state index in [2.05, 4.69) is 10.6 Å². The maximum Gasteiger partial charge on any atom is 0.323 e. The molecule has 0 spiro atoms. The Hall–Kier alpha value is -3.35. The van der Waals surface area contributed by atoms with Gasteiger partial charge in [0.05, 0.1) is 11.1 Å². The Bertz CT molecular complexity index is 876. The minimum absolute atomic E-state index is 0.0354. The van der Waals surface area contributed by atoms with Gasteiger partial charge in [0.25, 0.3) is 11.8 Å². The number of urea groups is 1. The van der Waals surface area contributed by atoms with Gasteiger partial charge in [-0.2, -0.15) is 0 Å². The maximum absolute atomic E-state index is 12.4. The van der Waals surface area contributed by atoms with Gasteiger partial charge in [0, 0.05) is 23.5 Å². The SMILES string of the molecule is CC(C)N1C(=O)c2ccc(NC(=O)Nc3cccc(O)c3)cc2C1=O. The third-order valence-corrected chi connectivity index (χ3v) is 3.80. The first-order chi connectivity index (χ1) is 11.9. The Labute approximate surface area is 144 Å². The van der Waals surface area contributed by atoms with E-state index in [0.29, 0.717) is 16.9 Å². The van der Waals surface area contributed by atoms with Crippen LogP contribution in [0, 0.1) is 0 Å². The molecule has 7 nitrogen and oxygen atoms in total. The minimum Gasteiger partial charge on any atom is -0.508 e. The number of carbonyl (C=O) groups is 3. The first kappa shape index (κ1) is 16.5. The number of fused-ring (bicyclic) bond motifs is 1. The monoisotopic (exact) mass is 339 g/mol. The zero-order valence-electron chi connectivity index (χ0n) is 13.7. The van der Waals surface area contributed by atoms with Crippen molar-refractivity contribution in [3.05, 3.63) is 53.6 Å². The molecule has 0 aromatic heterocycles. The van der Waals surface area contributed by atoms with Gasteiger partial charge in [-0.25, -0.2) is 4.79 Å². The highest BCUT2D eigenvalue weighted by Crippen LogP contribution is 2.27. The third kappa shape index (κ3) is 3.16. The van der Waals surface area contributed by atoms with Crippen LogP contribution in [0.4, 0.5) is 16.2 Å². The van der Waals surface area contributed by atoms with Crippen molar-refractivity contribution in [2.24, 2.45) is 0 Å². The van der Waals surface area contributed by atoms with Crippen molar-refractivity contribution in [3.8, 4) is 5.75 Å². The van der Waals surface area contributed by atoms with Crippen LogP contribution in [0.3, 0.4) is 0 Å². The van der Waals surface area contributed by atoms with Crippen molar-refractivity contribution in [2.45, 2.75) is 19.9 Å². The number of hydrogen-bond donors (Lipinski definition) is 3. The van der Waals surface area contributed by atoms with Crippen molar-refractivity contribution in [1.29, 1.82) is 0 Å². The number of nitrogens with zero attached hydrogens (tertiary/aromatic N) is 1. The second-order valence-electron chi connectivity index (χ2n) is 5.96. The number of carbonyl (C=O) groups excluding carboxylic acids is 3. The highest BCUT2D eigenvalue weighted by atomic mass is 16.3. The molecule has 0 saturated heterocycles. The fourth-order valence-electron chi connectivity index (χ4n) is 2.68. The molecule has 0 unspecified atom stereocenters. The molecule has 1 heterocycles. The van der Waals surface area contributed by atoms with Gasteiger partial charge in [0.1, 0.15) is 5.75 Å². The lowest BCUT2D eigenvalue weighted by molar-refractivity contribution is 0.0609. The van der Waals surface area contributed by atoms with E-state index in [9.17, 15) is 19.5 Å². The van der Waals surface area contributed by atoms with E-state index in [1.807, 2.05) is 0 Å². The fraction of sp³-hybridized carbons (Fsp3) is 0.167. The summed E-state index contributed by atoms with van der Waals surface area (Å²) in [4.78, 5) is 37.8. The summed E-state index contributed by atoms with van der Waals surface area (Å²) in [6.07, 6.45) is 0. The lowest BCUT2D eigenvalue weighted by Gasteiger charge is -2.17. The summed E-state index contributed by atoms with van der Waals surface area (Å²) >= 11 is 0. The number of amides is 4. The zero-order valence-corrected chi connectivity index (χ0v) is 13.7. The molecule has 7 heteroatoms. The quantitative estimate of drug-likeness (QED) is 0.749. The van der Waals surface area contributed by atoms with Gasteiger partial charge in [-0.1, -0.05) is 6.07 Å². The van der Waals surface area contributed by atoms with Crippen LogP contribution in [0.15, 0.2) is 42.5 Å². The summed E-state index contributed by atoms with van der Waals surface area (Å²) in [6, 6.07) is 9.95. The number of phenolic OH excluding ortho intramolecular Hbond substituents is 1. The Kier molecular flexibility index (Phi) is 4.14. The van der Waals surface area contributed by atoms with Crippen molar-refractivity contribution < 1.29 is 19.5 Å². The molecular weight excluding hydrogens is 322 g/mol. The molecule has 3 N–H and O–H groups in total. The second-order valence-corrected chi connectivity index (χ2v) is 5.96. The summed E-state index contributed by atoms with van der Waals surface area (Å²) in [5.41, 5.74) is 1.42. The molecule has 0 fully saturated rings. The Morgan fingerprint density at radius 3 is 2.24 bits per heavy atom. The van der Waals surface area contributed by atoms with Gasteiger partial charge in [0.15, 0.2) is 0 Å². The van der Waals surface area contributed by atoms with Crippen molar-refractivity contribution in [1.82, 2.24) is 4.90 Å². The molecule has 3 rings (SSSR count). The average Bonchev–Trinajstić information content (AvgIpc) is 2.78. The molecule has 128 valence electrons. The number of aromatic hydroxyl groups is 1. The van der Waals surface area contributed by atoms with Crippen LogP contribution in [0.5, 0.6) is 5.75 Å². The predicted molar refractivity (Wildman–Crippen MR) is 92.8 cm³/mol.